The third-order valence-electron chi connectivity index (χ3n) is 4.71. The predicted molar refractivity (Wildman–Crippen MR) is 92.4 cm³/mol. The van der Waals surface area contributed by atoms with Crippen LogP contribution in [0.3, 0.4) is 0 Å². The fraction of sp³-hybridized carbons (Fsp3) is 0.421. The molecule has 0 aliphatic carbocycles. The van der Waals surface area contributed by atoms with Gasteiger partial charge in [0.2, 0.25) is 0 Å². The summed E-state index contributed by atoms with van der Waals surface area (Å²) in [5, 5.41) is 14.7. The van der Waals surface area contributed by atoms with Crippen LogP contribution in [0.5, 0.6) is 0 Å². The zero-order chi connectivity index (χ0) is 16.1. The summed E-state index contributed by atoms with van der Waals surface area (Å²) in [7, 11) is 0. The topological polar surface area (TPSA) is 52.6 Å². The van der Waals surface area contributed by atoms with Crippen LogP contribution in [0.15, 0.2) is 42.5 Å². The van der Waals surface area contributed by atoms with E-state index in [-0.39, 0.29) is 12.6 Å². The Labute approximate surface area is 137 Å². The van der Waals surface area contributed by atoms with Gasteiger partial charge >= 0.3 is 6.03 Å². The zero-order valence-electron chi connectivity index (χ0n) is 13.4. The Morgan fingerprint density at radius 2 is 1.87 bits per heavy atom. The number of hydrogen-bond donors (Lipinski definition) is 2. The van der Waals surface area contributed by atoms with Gasteiger partial charge in [-0.25, -0.2) is 4.79 Å². The first-order valence-electron chi connectivity index (χ1n) is 8.38. The lowest BCUT2D eigenvalue weighted by atomic mass is 9.98. The molecule has 0 spiro atoms. The second-order valence-corrected chi connectivity index (χ2v) is 6.23. The molecule has 1 fully saturated rings. The molecular weight excluding hydrogens is 288 g/mol. The molecule has 2 N–H and O–H groups in total. The van der Waals surface area contributed by atoms with Gasteiger partial charge in [0.15, 0.2) is 0 Å². The predicted octanol–water partition coefficient (Wildman–Crippen LogP) is 2.80. The highest BCUT2D eigenvalue weighted by Gasteiger charge is 2.21. The van der Waals surface area contributed by atoms with Gasteiger partial charge in [-0.3, -0.25) is 0 Å². The molecule has 0 bridgehead atoms. The maximum absolute atomic E-state index is 12.2. The van der Waals surface area contributed by atoms with Gasteiger partial charge in [0.05, 0.1) is 0 Å². The third-order valence-corrected chi connectivity index (χ3v) is 4.71. The van der Waals surface area contributed by atoms with Crippen LogP contribution in [0, 0.1) is 5.92 Å². The number of likely N-dealkylation sites (tertiary alicyclic amines) is 1. The summed E-state index contributed by atoms with van der Waals surface area (Å²) in [6, 6.07) is 14.7. The molecule has 4 heteroatoms. The number of aliphatic hydroxyl groups is 1. The van der Waals surface area contributed by atoms with E-state index in [0.29, 0.717) is 12.5 Å². The highest BCUT2D eigenvalue weighted by molar-refractivity contribution is 5.85. The number of aliphatic hydroxyl groups excluding tert-OH is 1. The first-order valence-corrected chi connectivity index (χ1v) is 8.38. The van der Waals surface area contributed by atoms with E-state index < -0.39 is 0 Å². The number of carbonyl (C=O) groups is 1. The summed E-state index contributed by atoms with van der Waals surface area (Å²) in [5.41, 5.74) is 1.27. The normalized spacial score (nSPS) is 15.8. The Kier molecular flexibility index (Phi) is 5.13. The van der Waals surface area contributed by atoms with Gasteiger partial charge < -0.3 is 15.3 Å². The molecule has 3 rings (SSSR count). The summed E-state index contributed by atoms with van der Waals surface area (Å²) in [6.07, 6.45) is 2.63. The Morgan fingerprint density at radius 3 is 2.65 bits per heavy atom. The number of nitrogens with one attached hydrogen (secondary N) is 1. The third kappa shape index (κ3) is 3.82. The van der Waals surface area contributed by atoms with E-state index in [1.165, 1.54) is 16.3 Å². The standard InChI is InChI=1S/C19H24N2O2/c22-14-15-9-12-21(13-10-15)19(23)20-11-8-17-6-3-5-16-4-1-2-7-18(16)17/h1-7,15,22H,8-14H2,(H,20,23). The van der Waals surface area contributed by atoms with Crippen molar-refractivity contribution < 1.29 is 9.90 Å². The fourth-order valence-electron chi connectivity index (χ4n) is 3.25. The lowest BCUT2D eigenvalue weighted by molar-refractivity contribution is 0.137. The quantitative estimate of drug-likeness (QED) is 0.912. The molecular formula is C19H24N2O2. The van der Waals surface area contributed by atoms with Gasteiger partial charge in [0.25, 0.3) is 0 Å². The van der Waals surface area contributed by atoms with Crippen LogP contribution >= 0.6 is 0 Å². The average Bonchev–Trinajstić information content (AvgIpc) is 2.62. The summed E-state index contributed by atoms with van der Waals surface area (Å²) >= 11 is 0. The van der Waals surface area contributed by atoms with Crippen molar-refractivity contribution in [1.29, 1.82) is 0 Å². The molecule has 1 heterocycles. The van der Waals surface area contributed by atoms with Crippen LogP contribution < -0.4 is 5.32 Å². The van der Waals surface area contributed by atoms with Crippen LogP contribution in [-0.2, 0) is 6.42 Å². The van der Waals surface area contributed by atoms with E-state index in [4.69, 9.17) is 5.11 Å². The molecule has 1 aliphatic rings. The van der Waals surface area contributed by atoms with Gasteiger partial charge in [-0.05, 0) is 41.5 Å². The number of benzene rings is 2. The lowest BCUT2D eigenvalue weighted by Gasteiger charge is -2.31. The van der Waals surface area contributed by atoms with Gasteiger partial charge in [-0.1, -0.05) is 42.5 Å². The molecule has 4 nitrogen and oxygen atoms in total. The minimum Gasteiger partial charge on any atom is -0.396 e. The molecule has 2 aromatic rings. The van der Waals surface area contributed by atoms with E-state index in [2.05, 4.69) is 41.7 Å². The molecule has 2 amide bonds. The van der Waals surface area contributed by atoms with Crippen molar-refractivity contribution in [2.24, 2.45) is 5.92 Å². The summed E-state index contributed by atoms with van der Waals surface area (Å²) in [6.45, 7) is 2.36. The number of piperidine rings is 1. The first kappa shape index (κ1) is 15.8. The summed E-state index contributed by atoms with van der Waals surface area (Å²) < 4.78 is 0. The second-order valence-electron chi connectivity index (χ2n) is 6.23. The fourth-order valence-corrected chi connectivity index (χ4v) is 3.25. The van der Waals surface area contributed by atoms with Crippen LogP contribution in [0.1, 0.15) is 18.4 Å². The molecule has 1 aliphatic heterocycles. The molecule has 0 radical (unpaired) electrons. The number of amides is 2. The van der Waals surface area contributed by atoms with Gasteiger partial charge in [-0.15, -0.1) is 0 Å². The molecule has 0 unspecified atom stereocenters. The Bertz CT molecular complexity index is 658. The summed E-state index contributed by atoms with van der Waals surface area (Å²) in [5.74, 6) is 0.356. The molecule has 1 saturated heterocycles. The van der Waals surface area contributed by atoms with Crippen molar-refractivity contribution in [3.8, 4) is 0 Å². The van der Waals surface area contributed by atoms with Gasteiger partial charge in [0, 0.05) is 26.2 Å². The Hall–Kier alpha value is -2.07. The number of fused-ring (bicyclic) bond motifs is 1. The maximum Gasteiger partial charge on any atom is 0.317 e. The van der Waals surface area contributed by atoms with Gasteiger partial charge in [-0.2, -0.15) is 0 Å². The van der Waals surface area contributed by atoms with Crippen molar-refractivity contribution in [3.63, 3.8) is 0 Å². The second kappa shape index (κ2) is 7.47. The highest BCUT2D eigenvalue weighted by atomic mass is 16.3. The number of rotatable bonds is 4. The van der Waals surface area contributed by atoms with Crippen molar-refractivity contribution in [1.82, 2.24) is 10.2 Å². The number of carbonyl (C=O) groups excluding carboxylic acids is 1. The van der Waals surface area contributed by atoms with E-state index in [0.717, 1.165) is 32.4 Å². The molecule has 2 aromatic carbocycles. The first-order chi connectivity index (χ1) is 11.3. The van der Waals surface area contributed by atoms with Crippen LogP contribution in [-0.4, -0.2) is 42.3 Å². The van der Waals surface area contributed by atoms with E-state index >= 15 is 0 Å². The Balaban J connectivity index is 1.52. The average molecular weight is 312 g/mol. The number of hydrogen-bond acceptors (Lipinski definition) is 2. The van der Waals surface area contributed by atoms with Crippen LogP contribution in [0.4, 0.5) is 4.79 Å². The van der Waals surface area contributed by atoms with Crippen LogP contribution in [0.2, 0.25) is 0 Å². The van der Waals surface area contributed by atoms with Crippen LogP contribution in [0.25, 0.3) is 10.8 Å². The molecule has 0 saturated carbocycles. The molecule has 0 aromatic heterocycles. The molecule has 122 valence electrons. The monoisotopic (exact) mass is 312 g/mol. The van der Waals surface area contributed by atoms with Crippen molar-refractivity contribution >= 4 is 16.8 Å². The van der Waals surface area contributed by atoms with Crippen molar-refractivity contribution in [2.75, 3.05) is 26.2 Å². The van der Waals surface area contributed by atoms with E-state index in [1.807, 2.05) is 11.0 Å². The number of nitrogens with zero attached hydrogens (tertiary/aromatic N) is 1. The minimum atomic E-state index is 0.0154. The molecule has 0 atom stereocenters. The summed E-state index contributed by atoms with van der Waals surface area (Å²) in [4.78, 5) is 14.1. The largest absolute Gasteiger partial charge is 0.396 e. The maximum atomic E-state index is 12.2. The van der Waals surface area contributed by atoms with Crippen molar-refractivity contribution in [3.05, 3.63) is 48.0 Å². The van der Waals surface area contributed by atoms with E-state index in [1.54, 1.807) is 0 Å². The van der Waals surface area contributed by atoms with Crippen molar-refractivity contribution in [2.45, 2.75) is 19.3 Å². The lowest BCUT2D eigenvalue weighted by Crippen LogP contribution is -2.45. The zero-order valence-corrected chi connectivity index (χ0v) is 13.4. The van der Waals surface area contributed by atoms with Gasteiger partial charge in [0.1, 0.15) is 0 Å². The minimum absolute atomic E-state index is 0.0154. The molecule has 23 heavy (non-hydrogen) atoms. The highest BCUT2D eigenvalue weighted by Crippen LogP contribution is 2.19. The van der Waals surface area contributed by atoms with E-state index in [9.17, 15) is 4.79 Å². The SMILES string of the molecule is O=C(NCCc1cccc2ccccc12)N1CCC(CO)CC1. The smallest absolute Gasteiger partial charge is 0.317 e. The number of urea groups is 1. The Morgan fingerprint density at radius 1 is 1.13 bits per heavy atom.